The number of imide groups is 2. The van der Waals surface area contributed by atoms with Gasteiger partial charge in [-0.25, -0.2) is 0 Å². The van der Waals surface area contributed by atoms with Crippen LogP contribution in [-0.4, -0.2) is 63.7 Å². The van der Waals surface area contributed by atoms with E-state index >= 15 is 0 Å². The molecule has 0 saturated carbocycles. The molecular formula is C28H36N2O6Si2. The Kier molecular flexibility index (Phi) is 7.78. The zero-order valence-corrected chi connectivity index (χ0v) is 25.1. The molecule has 2 aromatic rings. The maximum atomic E-state index is 13.1. The molecule has 0 atom stereocenters. The summed E-state index contributed by atoms with van der Waals surface area (Å²) in [6.45, 7) is 11.6. The predicted octanol–water partition coefficient (Wildman–Crippen LogP) is 5.92. The van der Waals surface area contributed by atoms with E-state index in [1.54, 1.807) is 30.3 Å². The first-order valence-electron chi connectivity index (χ1n) is 13.2. The number of benzene rings is 2. The zero-order chi connectivity index (χ0) is 27.8. The molecule has 8 nitrogen and oxygen atoms in total. The lowest BCUT2D eigenvalue weighted by Gasteiger charge is -2.34. The van der Waals surface area contributed by atoms with Gasteiger partial charge in [0.2, 0.25) is 0 Å². The van der Waals surface area contributed by atoms with Crippen LogP contribution >= 0.6 is 0 Å². The van der Waals surface area contributed by atoms with Gasteiger partial charge in [-0.2, -0.15) is 0 Å². The average Bonchev–Trinajstić information content (AvgIpc) is 3.21. The maximum absolute atomic E-state index is 13.1. The lowest BCUT2D eigenvalue weighted by atomic mass is 10.1. The lowest BCUT2D eigenvalue weighted by Crippen LogP contribution is -2.44. The SMILES string of the molecule is CCCC[Si](C)(C)O[Si](C)(C)CCCN1C(=O)c2ccc(Oc3ccc4c(c3)C(=O)N(C)C4=O)cc2C1=O. The van der Waals surface area contributed by atoms with Crippen molar-refractivity contribution in [3.63, 3.8) is 0 Å². The van der Waals surface area contributed by atoms with Gasteiger partial charge in [0, 0.05) is 13.6 Å². The van der Waals surface area contributed by atoms with Gasteiger partial charge in [0.1, 0.15) is 11.5 Å². The van der Waals surface area contributed by atoms with Crippen molar-refractivity contribution in [1.82, 2.24) is 9.80 Å². The molecule has 0 unspecified atom stereocenters. The Balaban J connectivity index is 1.40. The van der Waals surface area contributed by atoms with Gasteiger partial charge in [-0.1, -0.05) is 19.8 Å². The second-order valence-corrected chi connectivity index (χ2v) is 20.1. The minimum absolute atomic E-state index is 0.278. The van der Waals surface area contributed by atoms with Gasteiger partial charge in [-0.3, -0.25) is 29.0 Å². The quantitative estimate of drug-likeness (QED) is 0.254. The second-order valence-electron chi connectivity index (χ2n) is 11.3. The minimum atomic E-state index is -1.91. The third-order valence-electron chi connectivity index (χ3n) is 7.08. The largest absolute Gasteiger partial charge is 0.457 e. The molecule has 0 N–H and O–H groups in total. The number of hydrogen-bond acceptors (Lipinski definition) is 6. The molecule has 2 aliphatic rings. The molecule has 4 rings (SSSR count). The lowest BCUT2D eigenvalue weighted by molar-refractivity contribution is 0.0648. The Morgan fingerprint density at radius 2 is 1.16 bits per heavy atom. The second kappa shape index (κ2) is 10.6. The van der Waals surface area contributed by atoms with Gasteiger partial charge in [0.15, 0.2) is 16.6 Å². The molecule has 0 radical (unpaired) electrons. The van der Waals surface area contributed by atoms with Gasteiger partial charge in [-0.15, -0.1) is 0 Å². The zero-order valence-electron chi connectivity index (χ0n) is 23.1. The number of fused-ring (bicyclic) bond motifs is 2. The van der Waals surface area contributed by atoms with E-state index in [0.29, 0.717) is 41.2 Å². The van der Waals surface area contributed by atoms with Crippen LogP contribution in [0.2, 0.25) is 38.3 Å². The highest BCUT2D eigenvalue weighted by Crippen LogP contribution is 2.32. The monoisotopic (exact) mass is 552 g/mol. The van der Waals surface area contributed by atoms with E-state index in [4.69, 9.17) is 8.85 Å². The predicted molar refractivity (Wildman–Crippen MR) is 150 cm³/mol. The molecule has 202 valence electrons. The van der Waals surface area contributed by atoms with Crippen LogP contribution in [0.1, 0.15) is 67.6 Å². The van der Waals surface area contributed by atoms with Crippen LogP contribution < -0.4 is 4.74 Å². The standard InChI is InChI=1S/C28H36N2O6Si2/c1-7-8-15-37(3,4)36-38(5,6)16-9-14-30-27(33)22-13-11-20(18-24(22)28(30)34)35-19-10-12-21-23(17-19)26(32)29(2)25(21)31/h10-13,17-18H,7-9,14-16H2,1-6H3. The molecule has 0 saturated heterocycles. The number of rotatable bonds is 11. The summed E-state index contributed by atoms with van der Waals surface area (Å²) >= 11 is 0. The Labute approximate surface area is 226 Å². The molecule has 0 spiro atoms. The molecule has 2 aromatic carbocycles. The van der Waals surface area contributed by atoms with Crippen LogP contribution in [-0.2, 0) is 4.12 Å². The highest BCUT2D eigenvalue weighted by molar-refractivity contribution is 6.84. The van der Waals surface area contributed by atoms with Crippen molar-refractivity contribution < 1.29 is 28.0 Å². The third kappa shape index (κ3) is 5.67. The topological polar surface area (TPSA) is 93.2 Å². The van der Waals surface area contributed by atoms with E-state index in [2.05, 4.69) is 33.1 Å². The fourth-order valence-electron chi connectivity index (χ4n) is 5.19. The number of carbonyl (C=O) groups excluding carboxylic acids is 4. The van der Waals surface area contributed by atoms with Gasteiger partial charge >= 0.3 is 0 Å². The Morgan fingerprint density at radius 1 is 0.684 bits per heavy atom. The molecular weight excluding hydrogens is 516 g/mol. The van der Waals surface area contributed by atoms with E-state index in [-0.39, 0.29) is 29.2 Å². The smallest absolute Gasteiger partial charge is 0.261 e. The van der Waals surface area contributed by atoms with Crippen LogP contribution in [0, 0.1) is 0 Å². The number of carbonyl (C=O) groups is 4. The average molecular weight is 553 g/mol. The third-order valence-corrected chi connectivity index (χ3v) is 14.6. The summed E-state index contributed by atoms with van der Waals surface area (Å²) in [6.07, 6.45) is 3.06. The van der Waals surface area contributed by atoms with Crippen molar-refractivity contribution in [2.75, 3.05) is 13.6 Å². The molecule has 2 heterocycles. The van der Waals surface area contributed by atoms with Crippen molar-refractivity contribution >= 4 is 40.3 Å². The van der Waals surface area contributed by atoms with Crippen molar-refractivity contribution in [2.24, 2.45) is 0 Å². The van der Waals surface area contributed by atoms with E-state index in [0.717, 1.165) is 17.0 Å². The Bertz CT molecular complexity index is 1310. The van der Waals surface area contributed by atoms with Gasteiger partial charge in [0.25, 0.3) is 23.6 Å². The summed E-state index contributed by atoms with van der Waals surface area (Å²) < 4.78 is 12.6. The van der Waals surface area contributed by atoms with Gasteiger partial charge < -0.3 is 8.85 Å². The highest BCUT2D eigenvalue weighted by atomic mass is 28.4. The van der Waals surface area contributed by atoms with Crippen LogP contribution in [0.4, 0.5) is 0 Å². The summed E-state index contributed by atoms with van der Waals surface area (Å²) in [5.74, 6) is -0.615. The first kappa shape index (κ1) is 27.9. The molecule has 38 heavy (non-hydrogen) atoms. The first-order valence-corrected chi connectivity index (χ1v) is 19.4. The minimum Gasteiger partial charge on any atom is -0.457 e. The normalized spacial score (nSPS) is 15.4. The van der Waals surface area contributed by atoms with E-state index < -0.39 is 16.6 Å². The fraction of sp³-hybridized carbons (Fsp3) is 0.429. The van der Waals surface area contributed by atoms with Crippen molar-refractivity contribution in [2.45, 2.75) is 64.5 Å². The highest BCUT2D eigenvalue weighted by Gasteiger charge is 2.37. The van der Waals surface area contributed by atoms with Crippen molar-refractivity contribution in [1.29, 1.82) is 0 Å². The number of ether oxygens (including phenoxy) is 1. The van der Waals surface area contributed by atoms with Crippen LogP contribution in [0.3, 0.4) is 0 Å². The maximum Gasteiger partial charge on any atom is 0.261 e. The Hall–Kier alpha value is -3.09. The van der Waals surface area contributed by atoms with Crippen LogP contribution in [0.25, 0.3) is 0 Å². The number of hydrogen-bond donors (Lipinski definition) is 0. The molecule has 0 bridgehead atoms. The van der Waals surface area contributed by atoms with Gasteiger partial charge in [0.05, 0.1) is 22.3 Å². The van der Waals surface area contributed by atoms with Gasteiger partial charge in [-0.05, 0) is 81.1 Å². The molecule has 0 aliphatic carbocycles. The summed E-state index contributed by atoms with van der Waals surface area (Å²) in [5, 5.41) is 0. The van der Waals surface area contributed by atoms with E-state index in [1.165, 1.54) is 30.9 Å². The molecule has 0 aromatic heterocycles. The van der Waals surface area contributed by atoms with E-state index in [9.17, 15) is 19.2 Å². The summed E-state index contributed by atoms with van der Waals surface area (Å²) in [5.41, 5.74) is 1.28. The summed E-state index contributed by atoms with van der Waals surface area (Å²) in [7, 11) is -2.19. The number of unbranched alkanes of at least 4 members (excludes halogenated alkanes) is 1. The summed E-state index contributed by atoms with van der Waals surface area (Å²) in [4.78, 5) is 52.9. The first-order chi connectivity index (χ1) is 17.8. The Morgan fingerprint density at radius 3 is 1.74 bits per heavy atom. The van der Waals surface area contributed by atoms with Crippen LogP contribution in [0.15, 0.2) is 36.4 Å². The van der Waals surface area contributed by atoms with Crippen LogP contribution in [0.5, 0.6) is 11.5 Å². The van der Waals surface area contributed by atoms with E-state index in [1.807, 2.05) is 0 Å². The molecule has 4 amide bonds. The van der Waals surface area contributed by atoms with Crippen molar-refractivity contribution in [3.05, 3.63) is 58.7 Å². The molecule has 2 aliphatic heterocycles. The molecule has 10 heteroatoms. The number of amides is 4. The fourth-order valence-corrected chi connectivity index (χ4v) is 14.2. The number of nitrogens with zero attached hydrogens (tertiary/aromatic N) is 2. The van der Waals surface area contributed by atoms with Crippen molar-refractivity contribution in [3.8, 4) is 11.5 Å². The molecule has 0 fully saturated rings. The summed E-state index contributed by atoms with van der Waals surface area (Å²) in [6, 6.07) is 11.5.